The Bertz CT molecular complexity index is 1380. The van der Waals surface area contributed by atoms with Crippen molar-refractivity contribution in [2.45, 2.75) is 37.2 Å². The highest BCUT2D eigenvalue weighted by atomic mass is 35.5. The van der Waals surface area contributed by atoms with Crippen LogP contribution in [0.1, 0.15) is 30.6 Å². The lowest BCUT2D eigenvalue weighted by molar-refractivity contribution is 0.0992. The van der Waals surface area contributed by atoms with Crippen LogP contribution in [-0.2, 0) is 20.6 Å². The second-order valence-corrected chi connectivity index (χ2v) is 8.85. The number of benzene rings is 1. The third kappa shape index (κ3) is 4.05. The number of hydrogen-bond donors (Lipinski definition) is 1. The van der Waals surface area contributed by atoms with E-state index in [9.17, 15) is 19.2 Å². The van der Waals surface area contributed by atoms with E-state index in [-0.39, 0.29) is 16.9 Å². The van der Waals surface area contributed by atoms with Crippen LogP contribution in [0.3, 0.4) is 0 Å². The summed E-state index contributed by atoms with van der Waals surface area (Å²) in [5.74, 6) is -0.753. The molecule has 0 aliphatic rings. The van der Waals surface area contributed by atoms with Gasteiger partial charge in [-0.05, 0) is 31.5 Å². The predicted molar refractivity (Wildman–Crippen MR) is 122 cm³/mol. The van der Waals surface area contributed by atoms with Crippen LogP contribution in [-0.4, -0.2) is 29.7 Å². The first-order valence-electron chi connectivity index (χ1n) is 9.54. The summed E-state index contributed by atoms with van der Waals surface area (Å²) in [7, 11) is 2.67. The number of rotatable bonds is 6. The highest BCUT2D eigenvalue weighted by molar-refractivity contribution is 8.00. The number of nitrogens with two attached hydrogens (primary N) is 1. The fourth-order valence-corrected chi connectivity index (χ4v) is 4.35. The molecule has 3 aromatic rings. The number of Topliss-reactive ketones (excluding diaryl/α,β-unsaturated/α-hetero) is 1. The molecule has 0 aliphatic heterocycles. The Labute approximate surface area is 186 Å². The van der Waals surface area contributed by atoms with E-state index in [0.29, 0.717) is 34.0 Å². The molecule has 0 saturated carbocycles. The minimum Gasteiger partial charge on any atom is -0.384 e. The van der Waals surface area contributed by atoms with Gasteiger partial charge < -0.3 is 5.73 Å². The maximum Gasteiger partial charge on any atom is 0.332 e. The lowest BCUT2D eigenvalue weighted by Crippen LogP contribution is -2.42. The Morgan fingerprint density at radius 3 is 2.52 bits per heavy atom. The van der Waals surface area contributed by atoms with Gasteiger partial charge >= 0.3 is 5.69 Å². The normalized spacial score (nSPS) is 12.3. The van der Waals surface area contributed by atoms with Crippen molar-refractivity contribution in [2.75, 3.05) is 5.73 Å². The maximum absolute atomic E-state index is 13.1. The van der Waals surface area contributed by atoms with Crippen molar-refractivity contribution in [1.82, 2.24) is 18.7 Å². The summed E-state index contributed by atoms with van der Waals surface area (Å²) in [6, 6.07) is 4.84. The molecular formula is C20H22ClN5O4S. The first-order chi connectivity index (χ1) is 14.6. The van der Waals surface area contributed by atoms with Crippen LogP contribution in [0.2, 0.25) is 5.02 Å². The van der Waals surface area contributed by atoms with Gasteiger partial charge in [-0.15, -0.1) is 0 Å². The molecule has 164 valence electrons. The summed E-state index contributed by atoms with van der Waals surface area (Å²) < 4.78 is 3.40. The van der Waals surface area contributed by atoms with Crippen molar-refractivity contribution in [3.8, 4) is 0 Å². The zero-order valence-electron chi connectivity index (χ0n) is 17.5. The van der Waals surface area contributed by atoms with Crippen LogP contribution in [0, 0.1) is 0 Å². The summed E-state index contributed by atoms with van der Waals surface area (Å²) in [4.78, 5) is 55.2. The number of fused-ring (bicyclic) bond motifs is 1. The topological polar surface area (TPSA) is 122 Å². The van der Waals surface area contributed by atoms with Gasteiger partial charge in [0.15, 0.2) is 10.9 Å². The van der Waals surface area contributed by atoms with Gasteiger partial charge in [-0.2, -0.15) is 0 Å². The number of hydrogen-bond acceptors (Lipinski definition) is 7. The maximum atomic E-state index is 13.1. The minimum atomic E-state index is -0.792. The van der Waals surface area contributed by atoms with Crippen LogP contribution in [0.25, 0.3) is 10.9 Å². The highest BCUT2D eigenvalue weighted by Gasteiger charge is 2.27. The van der Waals surface area contributed by atoms with Crippen molar-refractivity contribution in [3.63, 3.8) is 0 Å². The quantitative estimate of drug-likeness (QED) is 0.336. The molecule has 1 unspecified atom stereocenters. The molecule has 2 heterocycles. The fraction of sp³-hybridized carbons (Fsp3) is 0.350. The third-order valence-electron chi connectivity index (χ3n) is 4.94. The zero-order valence-corrected chi connectivity index (χ0v) is 19.1. The molecule has 0 aliphatic carbocycles. The number of nitrogens with zero attached hydrogens (tertiary/aromatic N) is 4. The van der Waals surface area contributed by atoms with Gasteiger partial charge in [-0.1, -0.05) is 30.3 Å². The van der Waals surface area contributed by atoms with E-state index in [1.54, 1.807) is 25.1 Å². The lowest BCUT2D eigenvalue weighted by atomic mass is 10.1. The van der Waals surface area contributed by atoms with Crippen molar-refractivity contribution < 1.29 is 4.79 Å². The van der Waals surface area contributed by atoms with Gasteiger partial charge in [-0.25, -0.2) is 9.78 Å². The number of thioether (sulfide) groups is 1. The third-order valence-corrected chi connectivity index (χ3v) is 6.26. The number of anilines is 1. The van der Waals surface area contributed by atoms with Gasteiger partial charge in [0, 0.05) is 25.7 Å². The first-order valence-corrected chi connectivity index (χ1v) is 10.8. The SMILES string of the molecule is CCCn1c(SC(C)C(=O)c2c(N)n(C)c(=O)n(C)c2=O)nc2cc(Cl)ccc2c1=O. The predicted octanol–water partition coefficient (Wildman–Crippen LogP) is 1.80. The van der Waals surface area contributed by atoms with Crippen molar-refractivity contribution in [1.29, 1.82) is 0 Å². The van der Waals surface area contributed by atoms with Gasteiger partial charge in [0.1, 0.15) is 11.4 Å². The van der Waals surface area contributed by atoms with Gasteiger partial charge in [0.25, 0.3) is 11.1 Å². The Morgan fingerprint density at radius 2 is 1.87 bits per heavy atom. The number of halogens is 1. The van der Waals surface area contributed by atoms with Crippen LogP contribution in [0.4, 0.5) is 5.82 Å². The van der Waals surface area contributed by atoms with Crippen molar-refractivity contribution in [2.24, 2.45) is 14.1 Å². The Balaban J connectivity index is 2.10. The number of nitrogen functional groups attached to an aromatic ring is 1. The summed E-state index contributed by atoms with van der Waals surface area (Å²) in [6.45, 7) is 3.94. The summed E-state index contributed by atoms with van der Waals surface area (Å²) in [5, 5.41) is 0.411. The number of ketones is 1. The van der Waals surface area contributed by atoms with Gasteiger partial charge in [0.2, 0.25) is 0 Å². The summed E-state index contributed by atoms with van der Waals surface area (Å²) in [6.07, 6.45) is 0.685. The van der Waals surface area contributed by atoms with E-state index in [4.69, 9.17) is 17.3 Å². The molecule has 0 radical (unpaired) electrons. The van der Waals surface area contributed by atoms with Gasteiger partial charge in [0.05, 0.1) is 16.2 Å². The van der Waals surface area contributed by atoms with E-state index in [1.807, 2.05) is 6.92 Å². The molecular weight excluding hydrogens is 442 g/mol. The van der Waals surface area contributed by atoms with E-state index in [1.165, 1.54) is 18.7 Å². The molecule has 0 bridgehead atoms. The molecule has 1 aromatic carbocycles. The molecule has 1 atom stereocenters. The molecule has 3 rings (SSSR count). The number of carbonyl (C=O) groups excluding carboxylic acids is 1. The Morgan fingerprint density at radius 1 is 1.19 bits per heavy atom. The molecule has 0 saturated heterocycles. The standard InChI is InChI=1S/C20H22ClN5O4S/c1-5-8-26-17(28)12-7-6-11(21)9-13(12)23-19(26)31-10(2)15(27)14-16(22)24(3)20(30)25(4)18(14)29/h6-7,9-10H,5,8,22H2,1-4H3. The summed E-state index contributed by atoms with van der Waals surface area (Å²) in [5.41, 5.74) is 4.45. The second-order valence-electron chi connectivity index (χ2n) is 7.10. The monoisotopic (exact) mass is 463 g/mol. The molecule has 0 spiro atoms. The molecule has 2 aromatic heterocycles. The molecule has 31 heavy (non-hydrogen) atoms. The van der Waals surface area contributed by atoms with Crippen LogP contribution in [0.15, 0.2) is 37.7 Å². The second kappa shape index (κ2) is 8.72. The van der Waals surface area contributed by atoms with Crippen LogP contribution < -0.4 is 22.5 Å². The van der Waals surface area contributed by atoms with E-state index in [0.717, 1.165) is 20.9 Å². The average Bonchev–Trinajstić information content (AvgIpc) is 2.73. The number of carbonyl (C=O) groups is 1. The van der Waals surface area contributed by atoms with Crippen LogP contribution in [0.5, 0.6) is 0 Å². The van der Waals surface area contributed by atoms with Gasteiger partial charge in [-0.3, -0.25) is 28.1 Å². The minimum absolute atomic E-state index is 0.199. The van der Waals surface area contributed by atoms with Crippen molar-refractivity contribution >= 4 is 45.9 Å². The van der Waals surface area contributed by atoms with E-state index >= 15 is 0 Å². The average molecular weight is 464 g/mol. The van der Waals surface area contributed by atoms with E-state index in [2.05, 4.69) is 4.98 Å². The Kier molecular flexibility index (Phi) is 6.42. The van der Waals surface area contributed by atoms with E-state index < -0.39 is 22.3 Å². The van der Waals surface area contributed by atoms with Crippen molar-refractivity contribution in [3.05, 3.63) is 60.0 Å². The molecule has 0 amide bonds. The molecule has 0 fully saturated rings. The summed E-state index contributed by atoms with van der Waals surface area (Å²) >= 11 is 7.10. The smallest absolute Gasteiger partial charge is 0.332 e. The Hall–Kier alpha value is -2.85. The van der Waals surface area contributed by atoms with Crippen LogP contribution >= 0.6 is 23.4 Å². The molecule has 2 N–H and O–H groups in total. The highest BCUT2D eigenvalue weighted by Crippen LogP contribution is 2.26. The largest absolute Gasteiger partial charge is 0.384 e. The molecule has 9 nitrogen and oxygen atoms in total. The lowest BCUT2D eigenvalue weighted by Gasteiger charge is -2.17. The first kappa shape index (κ1) is 22.8. The molecule has 11 heteroatoms. The zero-order chi connectivity index (χ0) is 23.0. The number of aromatic nitrogens is 4. The fourth-order valence-electron chi connectivity index (χ4n) is 3.19.